The summed E-state index contributed by atoms with van der Waals surface area (Å²) in [5.74, 6) is 0. The lowest BCUT2D eigenvalue weighted by atomic mass is 10.0. The number of hydrogen-bond donors (Lipinski definition) is 1. The summed E-state index contributed by atoms with van der Waals surface area (Å²) < 4.78 is 11.0. The van der Waals surface area contributed by atoms with Gasteiger partial charge in [0.1, 0.15) is 12.2 Å². The minimum atomic E-state index is 0.0961. The highest BCUT2D eigenvalue weighted by Crippen LogP contribution is 2.29. The second kappa shape index (κ2) is 6.76. The summed E-state index contributed by atoms with van der Waals surface area (Å²) in [5, 5.41) is 0.746. The third-order valence-electron chi connectivity index (χ3n) is 3.74. The first-order valence-electron chi connectivity index (χ1n) is 6.89. The van der Waals surface area contributed by atoms with Crippen molar-refractivity contribution in [1.29, 1.82) is 0 Å². The number of anilines is 1. The van der Waals surface area contributed by atoms with Crippen molar-refractivity contribution in [2.24, 2.45) is 5.73 Å². The van der Waals surface area contributed by atoms with E-state index in [-0.39, 0.29) is 18.2 Å². The van der Waals surface area contributed by atoms with E-state index in [9.17, 15) is 0 Å². The molecule has 1 aromatic carbocycles. The topological polar surface area (TPSA) is 47.7 Å². The van der Waals surface area contributed by atoms with Crippen LogP contribution in [0.15, 0.2) is 18.2 Å². The maximum Gasteiger partial charge on any atom is 0.102 e. The second-order valence-electron chi connectivity index (χ2n) is 5.41. The van der Waals surface area contributed by atoms with Gasteiger partial charge >= 0.3 is 0 Å². The molecular formula is C15H23ClN2O2. The van der Waals surface area contributed by atoms with Crippen molar-refractivity contribution in [3.05, 3.63) is 28.8 Å². The van der Waals surface area contributed by atoms with Crippen LogP contribution in [0.5, 0.6) is 0 Å². The van der Waals surface area contributed by atoms with Gasteiger partial charge in [0.15, 0.2) is 0 Å². The number of nitrogens with zero attached hydrogens (tertiary/aromatic N) is 1. The average Bonchev–Trinajstić information content (AvgIpc) is 2.81. The number of ether oxygens (including phenoxy) is 2. The first-order chi connectivity index (χ1) is 9.55. The van der Waals surface area contributed by atoms with Crippen molar-refractivity contribution in [2.75, 3.05) is 32.2 Å². The van der Waals surface area contributed by atoms with Crippen LogP contribution in [0.4, 0.5) is 5.69 Å². The van der Waals surface area contributed by atoms with Gasteiger partial charge in [0.25, 0.3) is 0 Å². The van der Waals surface area contributed by atoms with Gasteiger partial charge in [-0.05, 0) is 37.1 Å². The van der Waals surface area contributed by atoms with Crippen LogP contribution in [0.1, 0.15) is 12.5 Å². The predicted molar refractivity (Wildman–Crippen MR) is 82.6 cm³/mol. The zero-order valence-corrected chi connectivity index (χ0v) is 13.1. The number of hydrogen-bond acceptors (Lipinski definition) is 4. The quantitative estimate of drug-likeness (QED) is 0.904. The molecule has 20 heavy (non-hydrogen) atoms. The van der Waals surface area contributed by atoms with Gasteiger partial charge in [0.2, 0.25) is 0 Å². The molecule has 1 heterocycles. The normalized spacial score (nSPS) is 24.1. The molecule has 1 aliphatic heterocycles. The van der Waals surface area contributed by atoms with E-state index in [1.54, 1.807) is 14.2 Å². The van der Waals surface area contributed by atoms with Crippen molar-refractivity contribution < 1.29 is 9.47 Å². The molecule has 112 valence electrons. The van der Waals surface area contributed by atoms with Crippen molar-refractivity contribution in [2.45, 2.75) is 31.6 Å². The summed E-state index contributed by atoms with van der Waals surface area (Å²) in [6, 6.07) is 6.09. The van der Waals surface area contributed by atoms with Gasteiger partial charge in [0, 0.05) is 44.1 Å². The SMILES string of the molecule is COC1CN(c2ccc(Cl)cc2CC(C)N)CC1OC. The molecule has 0 aliphatic carbocycles. The van der Waals surface area contributed by atoms with E-state index in [1.807, 2.05) is 19.1 Å². The number of halogens is 1. The molecule has 0 amide bonds. The van der Waals surface area contributed by atoms with E-state index in [0.717, 1.165) is 24.5 Å². The molecule has 2 rings (SSSR count). The van der Waals surface area contributed by atoms with E-state index in [1.165, 1.54) is 11.3 Å². The van der Waals surface area contributed by atoms with Crippen LogP contribution in [0.3, 0.4) is 0 Å². The van der Waals surface area contributed by atoms with Crippen LogP contribution in [-0.2, 0) is 15.9 Å². The Morgan fingerprint density at radius 1 is 1.30 bits per heavy atom. The zero-order chi connectivity index (χ0) is 14.7. The summed E-state index contributed by atoms with van der Waals surface area (Å²) in [6.45, 7) is 3.65. The highest BCUT2D eigenvalue weighted by molar-refractivity contribution is 6.30. The van der Waals surface area contributed by atoms with Crippen molar-refractivity contribution in [3.63, 3.8) is 0 Å². The van der Waals surface area contributed by atoms with E-state index in [2.05, 4.69) is 11.0 Å². The lowest BCUT2D eigenvalue weighted by Crippen LogP contribution is -2.27. The fourth-order valence-electron chi connectivity index (χ4n) is 2.77. The largest absolute Gasteiger partial charge is 0.377 e. The van der Waals surface area contributed by atoms with Crippen LogP contribution < -0.4 is 10.6 Å². The lowest BCUT2D eigenvalue weighted by Gasteiger charge is -2.23. The summed E-state index contributed by atoms with van der Waals surface area (Å²) in [7, 11) is 3.45. The third-order valence-corrected chi connectivity index (χ3v) is 3.98. The van der Waals surface area contributed by atoms with Crippen LogP contribution >= 0.6 is 11.6 Å². The van der Waals surface area contributed by atoms with E-state index in [0.29, 0.717) is 0 Å². The minimum absolute atomic E-state index is 0.0961. The number of rotatable bonds is 5. The Morgan fingerprint density at radius 2 is 1.90 bits per heavy atom. The van der Waals surface area contributed by atoms with Gasteiger partial charge in [-0.1, -0.05) is 11.6 Å². The smallest absolute Gasteiger partial charge is 0.102 e. The van der Waals surface area contributed by atoms with E-state index >= 15 is 0 Å². The molecule has 4 nitrogen and oxygen atoms in total. The highest BCUT2D eigenvalue weighted by Gasteiger charge is 2.33. The second-order valence-corrected chi connectivity index (χ2v) is 5.84. The first kappa shape index (κ1) is 15.6. The molecule has 1 saturated heterocycles. The van der Waals surface area contributed by atoms with Crippen LogP contribution in [0, 0.1) is 0 Å². The molecule has 0 spiro atoms. The van der Waals surface area contributed by atoms with Gasteiger partial charge < -0.3 is 20.1 Å². The molecular weight excluding hydrogens is 276 g/mol. The lowest BCUT2D eigenvalue weighted by molar-refractivity contribution is -0.00461. The molecule has 0 radical (unpaired) electrons. The Kier molecular flexibility index (Phi) is 5.27. The summed E-state index contributed by atoms with van der Waals surface area (Å²) in [6.07, 6.45) is 1.000. The average molecular weight is 299 g/mol. The van der Waals surface area contributed by atoms with Crippen molar-refractivity contribution in [3.8, 4) is 0 Å². The highest BCUT2D eigenvalue weighted by atomic mass is 35.5. The third kappa shape index (κ3) is 3.44. The maximum absolute atomic E-state index is 6.11. The predicted octanol–water partition coefficient (Wildman–Crippen LogP) is 2.08. The van der Waals surface area contributed by atoms with Gasteiger partial charge in [-0.3, -0.25) is 0 Å². The Bertz CT molecular complexity index is 441. The monoisotopic (exact) mass is 298 g/mol. The number of nitrogens with two attached hydrogens (primary N) is 1. The minimum Gasteiger partial charge on any atom is -0.377 e. The van der Waals surface area contributed by atoms with Gasteiger partial charge in [-0.15, -0.1) is 0 Å². The van der Waals surface area contributed by atoms with Gasteiger partial charge in [0.05, 0.1) is 0 Å². The number of methoxy groups -OCH3 is 2. The maximum atomic E-state index is 6.11. The van der Waals surface area contributed by atoms with Crippen LogP contribution in [0.25, 0.3) is 0 Å². The van der Waals surface area contributed by atoms with Crippen LogP contribution in [0.2, 0.25) is 5.02 Å². The molecule has 0 aromatic heterocycles. The molecule has 1 aliphatic rings. The van der Waals surface area contributed by atoms with Gasteiger partial charge in [-0.25, -0.2) is 0 Å². The summed E-state index contributed by atoms with van der Waals surface area (Å²) in [4.78, 5) is 2.29. The van der Waals surface area contributed by atoms with E-state index < -0.39 is 0 Å². The standard InChI is InChI=1S/C15H23ClN2O2/c1-10(17)6-11-7-12(16)4-5-13(11)18-8-14(19-2)15(9-18)20-3/h4-5,7,10,14-15H,6,8-9,17H2,1-3H3. The molecule has 0 bridgehead atoms. The molecule has 3 unspecified atom stereocenters. The summed E-state index contributed by atoms with van der Waals surface area (Å²) >= 11 is 6.11. The van der Waals surface area contributed by atoms with E-state index in [4.69, 9.17) is 26.8 Å². The summed E-state index contributed by atoms with van der Waals surface area (Å²) in [5.41, 5.74) is 8.29. The Hall–Kier alpha value is -0.810. The first-order valence-corrected chi connectivity index (χ1v) is 7.27. The van der Waals surface area contributed by atoms with Crippen LogP contribution in [-0.4, -0.2) is 45.6 Å². The zero-order valence-electron chi connectivity index (χ0n) is 12.3. The Balaban J connectivity index is 2.24. The molecule has 3 atom stereocenters. The molecule has 1 fully saturated rings. The Labute approximate surface area is 125 Å². The fraction of sp³-hybridized carbons (Fsp3) is 0.600. The molecule has 0 saturated carbocycles. The Morgan fingerprint density at radius 3 is 2.40 bits per heavy atom. The molecule has 2 N–H and O–H groups in total. The van der Waals surface area contributed by atoms with Crippen molar-refractivity contribution in [1.82, 2.24) is 0 Å². The number of benzene rings is 1. The van der Waals surface area contributed by atoms with Gasteiger partial charge in [-0.2, -0.15) is 0 Å². The molecule has 5 heteroatoms. The molecule has 1 aromatic rings. The van der Waals surface area contributed by atoms with Crippen molar-refractivity contribution >= 4 is 17.3 Å². The fourth-order valence-corrected chi connectivity index (χ4v) is 2.96.